The van der Waals surface area contributed by atoms with Crippen LogP contribution >= 0.6 is 0 Å². The van der Waals surface area contributed by atoms with Crippen LogP contribution < -0.4 is 10.2 Å². The molecule has 0 saturated carbocycles. The third-order valence-corrected chi connectivity index (χ3v) is 5.56. The largest absolute Gasteiger partial charge is 0.369 e. The monoisotopic (exact) mass is 344 g/mol. The van der Waals surface area contributed by atoms with Crippen molar-refractivity contribution in [1.82, 2.24) is 0 Å². The smallest absolute Gasteiger partial charge is 0.230 e. The normalized spacial score (nSPS) is 13.9. The molecule has 0 aliphatic carbocycles. The molecule has 0 bridgehead atoms. The molecule has 0 atom stereocenters. The molecule has 0 saturated heterocycles. The maximum absolute atomic E-state index is 13.0. The molecular weight excluding hydrogens is 308 g/mol. The molecule has 1 aliphatic rings. The number of amides is 1. The lowest BCUT2D eigenvalue weighted by molar-refractivity contribution is -0.124. The Labute approximate surface area is 154 Å². The molecule has 25 heavy (non-hydrogen) atoms. The summed E-state index contributed by atoms with van der Waals surface area (Å²) in [4.78, 5) is 15.4. The number of rotatable bonds is 8. The van der Waals surface area contributed by atoms with Gasteiger partial charge in [0.2, 0.25) is 5.91 Å². The van der Waals surface area contributed by atoms with Gasteiger partial charge in [-0.05, 0) is 49.8 Å². The Bertz CT molecular complexity index is 619. The summed E-state index contributed by atoms with van der Waals surface area (Å²) in [5, 5.41) is 3.31. The van der Waals surface area contributed by atoms with Gasteiger partial charge in [-0.2, -0.15) is 0 Å². The van der Waals surface area contributed by atoms with Crippen molar-refractivity contribution in [2.75, 3.05) is 23.3 Å². The van der Waals surface area contributed by atoms with E-state index in [0.29, 0.717) is 0 Å². The molecule has 1 aromatic rings. The Morgan fingerprint density at radius 1 is 1.16 bits per heavy atom. The van der Waals surface area contributed by atoms with Crippen molar-refractivity contribution in [1.29, 1.82) is 0 Å². The van der Waals surface area contributed by atoms with Crippen molar-refractivity contribution in [2.45, 2.75) is 80.1 Å². The van der Waals surface area contributed by atoms with E-state index >= 15 is 0 Å². The Hall–Kier alpha value is -1.51. The highest BCUT2D eigenvalue weighted by molar-refractivity contribution is 5.99. The summed E-state index contributed by atoms with van der Waals surface area (Å²) in [7, 11) is 0. The van der Waals surface area contributed by atoms with E-state index in [-0.39, 0.29) is 11.3 Å². The summed E-state index contributed by atoms with van der Waals surface area (Å²) in [6, 6.07) is 2.23. The highest BCUT2D eigenvalue weighted by Gasteiger charge is 2.31. The van der Waals surface area contributed by atoms with Crippen LogP contribution in [0.3, 0.4) is 0 Å². The average molecular weight is 345 g/mol. The molecule has 0 unspecified atom stereocenters. The predicted octanol–water partition coefficient (Wildman–Crippen LogP) is 5.62. The van der Waals surface area contributed by atoms with Gasteiger partial charge < -0.3 is 10.2 Å². The van der Waals surface area contributed by atoms with E-state index in [4.69, 9.17) is 0 Å². The minimum Gasteiger partial charge on any atom is -0.369 e. The van der Waals surface area contributed by atoms with Crippen molar-refractivity contribution in [2.24, 2.45) is 5.41 Å². The number of nitrogens with zero attached hydrogens (tertiary/aromatic N) is 1. The second kappa shape index (κ2) is 8.25. The Morgan fingerprint density at radius 2 is 1.84 bits per heavy atom. The number of hydrogen-bond acceptors (Lipinski definition) is 2. The zero-order valence-corrected chi connectivity index (χ0v) is 17.1. The first-order valence-corrected chi connectivity index (χ1v) is 10.0. The number of unbranched alkanes of at least 4 members (excludes halogenated alkanes) is 2. The van der Waals surface area contributed by atoms with E-state index in [0.717, 1.165) is 44.5 Å². The lowest BCUT2D eigenvalue weighted by atomic mass is 9.86. The molecule has 3 nitrogen and oxygen atoms in total. The second-order valence-electron chi connectivity index (χ2n) is 8.24. The molecule has 1 heterocycles. The fourth-order valence-corrected chi connectivity index (χ4v) is 3.78. The third kappa shape index (κ3) is 4.37. The first-order chi connectivity index (χ1) is 11.8. The van der Waals surface area contributed by atoms with E-state index in [2.05, 4.69) is 57.8 Å². The van der Waals surface area contributed by atoms with E-state index in [1.165, 1.54) is 35.2 Å². The fourth-order valence-electron chi connectivity index (χ4n) is 3.78. The SMILES string of the molecule is CCCCN1CCc2c(C)cc(C)c(NC(=O)C(C)(C)CCCC)c21. The molecule has 1 aromatic carbocycles. The average Bonchev–Trinajstić information content (AvgIpc) is 2.99. The predicted molar refractivity (Wildman–Crippen MR) is 109 cm³/mol. The maximum atomic E-state index is 13.0. The highest BCUT2D eigenvalue weighted by atomic mass is 16.2. The number of carbonyl (C=O) groups is 1. The van der Waals surface area contributed by atoms with Crippen LogP contribution in [0.5, 0.6) is 0 Å². The van der Waals surface area contributed by atoms with Gasteiger partial charge in [-0.25, -0.2) is 0 Å². The maximum Gasteiger partial charge on any atom is 0.230 e. The van der Waals surface area contributed by atoms with Crippen LogP contribution in [0.4, 0.5) is 11.4 Å². The van der Waals surface area contributed by atoms with E-state index in [1.54, 1.807) is 0 Å². The van der Waals surface area contributed by atoms with Crippen molar-refractivity contribution >= 4 is 17.3 Å². The lowest BCUT2D eigenvalue weighted by Crippen LogP contribution is -2.32. The first kappa shape index (κ1) is 19.8. The van der Waals surface area contributed by atoms with Crippen LogP contribution in [0, 0.1) is 19.3 Å². The van der Waals surface area contributed by atoms with Gasteiger partial charge in [-0.15, -0.1) is 0 Å². The first-order valence-electron chi connectivity index (χ1n) is 10.0. The zero-order valence-electron chi connectivity index (χ0n) is 17.1. The quantitative estimate of drug-likeness (QED) is 0.663. The lowest BCUT2D eigenvalue weighted by Gasteiger charge is -2.28. The van der Waals surface area contributed by atoms with E-state index < -0.39 is 0 Å². The van der Waals surface area contributed by atoms with Gasteiger partial charge in [0.25, 0.3) is 0 Å². The third-order valence-electron chi connectivity index (χ3n) is 5.56. The van der Waals surface area contributed by atoms with Crippen LogP contribution in [0.2, 0.25) is 0 Å². The molecule has 3 heteroatoms. The molecule has 0 fully saturated rings. The highest BCUT2D eigenvalue weighted by Crippen LogP contribution is 2.41. The topological polar surface area (TPSA) is 32.3 Å². The van der Waals surface area contributed by atoms with Crippen LogP contribution in [0.1, 0.15) is 76.5 Å². The molecule has 0 aromatic heterocycles. The van der Waals surface area contributed by atoms with Crippen LogP contribution in [-0.4, -0.2) is 19.0 Å². The van der Waals surface area contributed by atoms with Crippen LogP contribution in [-0.2, 0) is 11.2 Å². The van der Waals surface area contributed by atoms with Crippen LogP contribution in [0.25, 0.3) is 0 Å². The molecule has 2 rings (SSSR count). The van der Waals surface area contributed by atoms with E-state index in [9.17, 15) is 4.79 Å². The molecule has 0 radical (unpaired) electrons. The summed E-state index contributed by atoms with van der Waals surface area (Å²) in [5.74, 6) is 0.150. The summed E-state index contributed by atoms with van der Waals surface area (Å²) < 4.78 is 0. The fraction of sp³-hybridized carbons (Fsp3) is 0.682. The van der Waals surface area contributed by atoms with Crippen molar-refractivity contribution in [3.05, 3.63) is 22.8 Å². The summed E-state index contributed by atoms with van der Waals surface area (Å²) in [6.45, 7) is 15.0. The number of anilines is 2. The van der Waals surface area contributed by atoms with Gasteiger partial charge in [0, 0.05) is 18.5 Å². The molecular formula is C22H36N2O. The number of nitrogens with one attached hydrogen (secondary N) is 1. The molecule has 1 aliphatic heterocycles. The molecule has 1 amide bonds. The van der Waals surface area contributed by atoms with Crippen molar-refractivity contribution < 1.29 is 4.79 Å². The van der Waals surface area contributed by atoms with Crippen molar-refractivity contribution in [3.63, 3.8) is 0 Å². The summed E-state index contributed by atoms with van der Waals surface area (Å²) in [6.07, 6.45) is 6.63. The van der Waals surface area contributed by atoms with Gasteiger partial charge in [0.05, 0.1) is 11.4 Å². The molecule has 140 valence electrons. The van der Waals surface area contributed by atoms with Gasteiger partial charge in [-0.3, -0.25) is 4.79 Å². The Kier molecular flexibility index (Phi) is 6.53. The van der Waals surface area contributed by atoms with E-state index in [1.807, 2.05) is 0 Å². The van der Waals surface area contributed by atoms with Crippen molar-refractivity contribution in [3.8, 4) is 0 Å². The number of aryl methyl sites for hydroxylation is 2. The molecule has 1 N–H and O–H groups in total. The zero-order chi connectivity index (χ0) is 18.6. The van der Waals surface area contributed by atoms with Crippen LogP contribution in [0.15, 0.2) is 6.07 Å². The van der Waals surface area contributed by atoms with Gasteiger partial charge in [-0.1, -0.05) is 53.0 Å². The summed E-state index contributed by atoms with van der Waals surface area (Å²) in [5.41, 5.74) is 5.96. The number of carbonyl (C=O) groups excluding carboxylic acids is 1. The minimum atomic E-state index is -0.326. The minimum absolute atomic E-state index is 0.150. The Balaban J connectivity index is 2.32. The second-order valence-corrected chi connectivity index (χ2v) is 8.24. The standard InChI is InChI=1S/C22H36N2O/c1-7-9-12-22(5,6)21(25)23-19-17(4)15-16(3)18-11-14-24(20(18)19)13-10-8-2/h15H,7-14H2,1-6H3,(H,23,25). The van der Waals surface area contributed by atoms with Gasteiger partial charge in [0.1, 0.15) is 0 Å². The van der Waals surface area contributed by atoms with Gasteiger partial charge >= 0.3 is 0 Å². The number of fused-ring (bicyclic) bond motifs is 1. The summed E-state index contributed by atoms with van der Waals surface area (Å²) >= 11 is 0. The number of hydrogen-bond donors (Lipinski definition) is 1. The van der Waals surface area contributed by atoms with Gasteiger partial charge in [0.15, 0.2) is 0 Å². The Morgan fingerprint density at radius 3 is 2.48 bits per heavy atom. The number of benzene rings is 1. The molecule has 0 spiro atoms.